The molecule has 3 amide bonds. The Balaban J connectivity index is 1.45. The summed E-state index contributed by atoms with van der Waals surface area (Å²) >= 11 is 0. The zero-order valence-corrected chi connectivity index (χ0v) is 18.5. The number of likely N-dealkylation sites (N-methyl/N-ethyl adjacent to an activating group) is 1. The molecular formula is C24H25N5O4. The fourth-order valence-electron chi connectivity index (χ4n) is 3.87. The van der Waals surface area contributed by atoms with E-state index in [9.17, 15) is 14.4 Å². The first-order valence-electron chi connectivity index (χ1n) is 10.7. The number of piperazine rings is 1. The molecule has 1 aliphatic heterocycles. The van der Waals surface area contributed by atoms with Crippen molar-refractivity contribution >= 4 is 17.7 Å². The van der Waals surface area contributed by atoms with E-state index in [0.29, 0.717) is 25.2 Å². The fraction of sp³-hybridized carbons (Fsp3) is 0.292. The van der Waals surface area contributed by atoms with Crippen LogP contribution in [0.15, 0.2) is 59.2 Å². The highest BCUT2D eigenvalue weighted by atomic mass is 16.6. The molecule has 9 nitrogen and oxygen atoms in total. The molecule has 1 fully saturated rings. The molecule has 2 heterocycles. The van der Waals surface area contributed by atoms with Crippen molar-refractivity contribution < 1.29 is 19.0 Å². The first-order chi connectivity index (χ1) is 15.9. The minimum Gasteiger partial charge on any atom is -0.342 e. The predicted molar refractivity (Wildman–Crippen MR) is 120 cm³/mol. The fourth-order valence-corrected chi connectivity index (χ4v) is 3.87. The third kappa shape index (κ3) is 4.92. The van der Waals surface area contributed by atoms with Gasteiger partial charge in [-0.25, -0.2) is 4.63 Å². The SMILES string of the molecule is Cc1nonc1C(=O)NCC(=O)N1CCN(C)C(=O)[C@@H]1Cc1ccc(-c2ccccc2)cc1. The summed E-state index contributed by atoms with van der Waals surface area (Å²) in [5, 5.41) is 9.65. The van der Waals surface area contributed by atoms with Crippen LogP contribution in [0.4, 0.5) is 0 Å². The molecule has 2 aromatic carbocycles. The van der Waals surface area contributed by atoms with Crippen LogP contribution >= 0.6 is 0 Å². The van der Waals surface area contributed by atoms with E-state index in [1.807, 2.05) is 54.6 Å². The van der Waals surface area contributed by atoms with E-state index >= 15 is 0 Å². The number of nitrogens with zero attached hydrogens (tertiary/aromatic N) is 4. The van der Waals surface area contributed by atoms with Crippen LogP contribution in [-0.2, 0) is 16.0 Å². The normalized spacial score (nSPS) is 16.1. The first-order valence-corrected chi connectivity index (χ1v) is 10.7. The summed E-state index contributed by atoms with van der Waals surface area (Å²) in [6.07, 6.45) is 0.393. The van der Waals surface area contributed by atoms with E-state index in [1.54, 1.807) is 23.8 Å². The van der Waals surface area contributed by atoms with Crippen molar-refractivity contribution in [2.24, 2.45) is 0 Å². The highest BCUT2D eigenvalue weighted by Gasteiger charge is 2.36. The number of aryl methyl sites for hydroxylation is 1. The number of carbonyl (C=O) groups excluding carboxylic acids is 3. The van der Waals surface area contributed by atoms with Gasteiger partial charge in [0, 0.05) is 26.6 Å². The summed E-state index contributed by atoms with van der Waals surface area (Å²) in [4.78, 5) is 41.3. The second kappa shape index (κ2) is 9.64. The van der Waals surface area contributed by atoms with Crippen molar-refractivity contribution in [3.05, 3.63) is 71.5 Å². The zero-order chi connectivity index (χ0) is 23.4. The number of rotatable bonds is 6. The number of hydrogen-bond donors (Lipinski definition) is 1. The summed E-state index contributed by atoms with van der Waals surface area (Å²) in [5.41, 5.74) is 3.52. The molecule has 1 saturated heterocycles. The average molecular weight is 447 g/mol. The number of nitrogens with one attached hydrogen (secondary N) is 1. The number of amides is 3. The van der Waals surface area contributed by atoms with Gasteiger partial charge in [0.05, 0.1) is 6.54 Å². The first kappa shape index (κ1) is 22.2. The number of benzene rings is 2. The Kier molecular flexibility index (Phi) is 6.48. The maximum atomic E-state index is 12.9. The highest BCUT2D eigenvalue weighted by Crippen LogP contribution is 2.21. The topological polar surface area (TPSA) is 109 Å². The molecule has 1 atom stereocenters. The van der Waals surface area contributed by atoms with Crippen molar-refractivity contribution in [1.29, 1.82) is 0 Å². The summed E-state index contributed by atoms with van der Waals surface area (Å²) in [6, 6.07) is 17.4. The summed E-state index contributed by atoms with van der Waals surface area (Å²) < 4.78 is 4.53. The van der Waals surface area contributed by atoms with Crippen molar-refractivity contribution in [3.63, 3.8) is 0 Å². The minimum absolute atomic E-state index is 0.0345. The third-order valence-corrected chi connectivity index (χ3v) is 5.79. The zero-order valence-electron chi connectivity index (χ0n) is 18.5. The molecule has 0 aliphatic carbocycles. The van der Waals surface area contributed by atoms with Crippen LogP contribution in [0.5, 0.6) is 0 Å². The van der Waals surface area contributed by atoms with E-state index in [0.717, 1.165) is 16.7 Å². The molecule has 4 rings (SSSR count). The lowest BCUT2D eigenvalue weighted by Gasteiger charge is -2.39. The summed E-state index contributed by atoms with van der Waals surface area (Å²) in [5.74, 6) is -0.995. The Bertz CT molecular complexity index is 1140. The number of carbonyl (C=O) groups is 3. The van der Waals surface area contributed by atoms with Crippen molar-refractivity contribution in [3.8, 4) is 11.1 Å². The lowest BCUT2D eigenvalue weighted by molar-refractivity contribution is -0.149. The maximum Gasteiger partial charge on any atom is 0.275 e. The van der Waals surface area contributed by atoms with Crippen LogP contribution in [0.3, 0.4) is 0 Å². The maximum absolute atomic E-state index is 12.9. The van der Waals surface area contributed by atoms with Crippen molar-refractivity contribution in [2.45, 2.75) is 19.4 Å². The molecule has 3 aromatic rings. The summed E-state index contributed by atoms with van der Waals surface area (Å²) in [6.45, 7) is 2.18. The van der Waals surface area contributed by atoms with E-state index in [4.69, 9.17) is 0 Å². The Morgan fingerprint density at radius 2 is 1.73 bits per heavy atom. The van der Waals surface area contributed by atoms with Gasteiger partial charge >= 0.3 is 0 Å². The molecule has 1 aliphatic rings. The van der Waals surface area contributed by atoms with Gasteiger partial charge in [0.15, 0.2) is 5.69 Å². The van der Waals surface area contributed by atoms with E-state index in [2.05, 4.69) is 20.3 Å². The average Bonchev–Trinajstić information content (AvgIpc) is 3.27. The van der Waals surface area contributed by atoms with Gasteiger partial charge in [0.25, 0.3) is 5.91 Å². The molecular weight excluding hydrogens is 422 g/mol. The van der Waals surface area contributed by atoms with Gasteiger partial charge in [-0.05, 0) is 28.8 Å². The summed E-state index contributed by atoms with van der Waals surface area (Å²) in [7, 11) is 1.73. The number of hydrogen-bond acceptors (Lipinski definition) is 6. The van der Waals surface area contributed by atoms with Crippen LogP contribution < -0.4 is 5.32 Å². The smallest absolute Gasteiger partial charge is 0.275 e. The third-order valence-electron chi connectivity index (χ3n) is 5.79. The largest absolute Gasteiger partial charge is 0.342 e. The molecule has 170 valence electrons. The van der Waals surface area contributed by atoms with Crippen LogP contribution in [0.25, 0.3) is 11.1 Å². The Morgan fingerprint density at radius 1 is 1.03 bits per heavy atom. The van der Waals surface area contributed by atoms with Crippen LogP contribution in [0.1, 0.15) is 21.7 Å². The van der Waals surface area contributed by atoms with Crippen LogP contribution in [-0.4, -0.2) is 70.6 Å². The monoisotopic (exact) mass is 447 g/mol. The lowest BCUT2D eigenvalue weighted by atomic mass is 9.98. The predicted octanol–water partition coefficient (Wildman–Crippen LogP) is 1.69. The van der Waals surface area contributed by atoms with Gasteiger partial charge in [0.1, 0.15) is 11.7 Å². The van der Waals surface area contributed by atoms with Crippen molar-refractivity contribution in [1.82, 2.24) is 25.4 Å². The second-order valence-corrected chi connectivity index (χ2v) is 8.01. The van der Waals surface area contributed by atoms with Gasteiger partial charge < -0.3 is 15.1 Å². The molecule has 9 heteroatoms. The van der Waals surface area contributed by atoms with Crippen molar-refractivity contribution in [2.75, 3.05) is 26.7 Å². The molecule has 0 saturated carbocycles. The minimum atomic E-state index is -0.633. The number of aromatic nitrogens is 2. The van der Waals surface area contributed by atoms with Crippen LogP contribution in [0, 0.1) is 6.92 Å². The van der Waals surface area contributed by atoms with Gasteiger partial charge in [-0.15, -0.1) is 0 Å². The second-order valence-electron chi connectivity index (χ2n) is 8.01. The Labute approximate surface area is 191 Å². The van der Waals surface area contributed by atoms with E-state index < -0.39 is 11.9 Å². The van der Waals surface area contributed by atoms with E-state index in [-0.39, 0.29) is 24.1 Å². The molecule has 0 radical (unpaired) electrons. The molecule has 1 aromatic heterocycles. The van der Waals surface area contributed by atoms with Gasteiger partial charge in [-0.2, -0.15) is 0 Å². The van der Waals surface area contributed by atoms with Crippen LogP contribution in [0.2, 0.25) is 0 Å². The standard InChI is InChI=1S/C24H25N5O4/c1-16-22(27-33-26-16)23(31)25-15-21(30)29-13-12-28(2)24(32)20(29)14-17-8-10-19(11-9-17)18-6-4-3-5-7-18/h3-11,20H,12-15H2,1-2H3,(H,25,31)/t20-/m0/s1. The molecule has 0 unspecified atom stereocenters. The van der Waals surface area contributed by atoms with Gasteiger partial charge in [-0.3, -0.25) is 14.4 Å². The molecule has 1 N–H and O–H groups in total. The molecule has 0 spiro atoms. The quantitative estimate of drug-likeness (QED) is 0.616. The Hall–Kier alpha value is -4.01. The highest BCUT2D eigenvalue weighted by molar-refractivity contribution is 5.96. The molecule has 33 heavy (non-hydrogen) atoms. The van der Waals surface area contributed by atoms with Gasteiger partial charge in [-0.1, -0.05) is 59.8 Å². The lowest BCUT2D eigenvalue weighted by Crippen LogP contribution is -2.59. The van der Waals surface area contributed by atoms with E-state index in [1.165, 1.54) is 0 Å². The molecule has 0 bridgehead atoms. The Morgan fingerprint density at radius 3 is 2.39 bits per heavy atom. The van der Waals surface area contributed by atoms with Gasteiger partial charge in [0.2, 0.25) is 11.8 Å².